The second kappa shape index (κ2) is 3.26. The van der Waals surface area contributed by atoms with Gasteiger partial charge in [-0.2, -0.15) is 0 Å². The molecule has 0 unspecified atom stereocenters. The van der Waals surface area contributed by atoms with Gasteiger partial charge in [-0.1, -0.05) is 0 Å². The van der Waals surface area contributed by atoms with E-state index in [0.717, 1.165) is 0 Å². The SMILES string of the molecule is COc1cc(O)cc(C)c1C=O. The highest BCUT2D eigenvalue weighted by Gasteiger charge is 2.06. The van der Waals surface area contributed by atoms with Crippen molar-refractivity contribution in [2.24, 2.45) is 0 Å². The molecular weight excluding hydrogens is 156 g/mol. The first-order valence-electron chi connectivity index (χ1n) is 3.52. The van der Waals surface area contributed by atoms with Crippen LogP contribution in [0.5, 0.6) is 11.5 Å². The van der Waals surface area contributed by atoms with E-state index in [1.165, 1.54) is 19.2 Å². The summed E-state index contributed by atoms with van der Waals surface area (Å²) in [6.45, 7) is 1.74. The van der Waals surface area contributed by atoms with Crippen molar-refractivity contribution >= 4 is 6.29 Å². The maximum absolute atomic E-state index is 10.6. The van der Waals surface area contributed by atoms with Crippen LogP contribution in [0, 0.1) is 6.92 Å². The maximum atomic E-state index is 10.6. The molecule has 3 heteroatoms. The van der Waals surface area contributed by atoms with Crippen LogP contribution in [0.25, 0.3) is 0 Å². The summed E-state index contributed by atoms with van der Waals surface area (Å²) in [4.78, 5) is 10.6. The zero-order valence-corrected chi connectivity index (χ0v) is 7.00. The molecule has 1 rings (SSSR count). The lowest BCUT2D eigenvalue weighted by Gasteiger charge is -2.06. The smallest absolute Gasteiger partial charge is 0.154 e. The first-order chi connectivity index (χ1) is 5.69. The van der Waals surface area contributed by atoms with E-state index in [2.05, 4.69) is 0 Å². The summed E-state index contributed by atoms with van der Waals surface area (Å²) in [5.41, 5.74) is 1.19. The third-order valence-corrected chi connectivity index (χ3v) is 1.67. The molecule has 1 aromatic rings. The number of phenols is 1. The van der Waals surface area contributed by atoms with Gasteiger partial charge in [0.05, 0.1) is 12.7 Å². The summed E-state index contributed by atoms with van der Waals surface area (Å²) in [7, 11) is 1.46. The van der Waals surface area contributed by atoms with Gasteiger partial charge < -0.3 is 9.84 Å². The summed E-state index contributed by atoms with van der Waals surface area (Å²) in [5.74, 6) is 0.512. The van der Waals surface area contributed by atoms with Crippen molar-refractivity contribution < 1.29 is 14.6 Å². The Labute approximate surface area is 70.6 Å². The molecule has 0 saturated heterocycles. The topological polar surface area (TPSA) is 46.5 Å². The van der Waals surface area contributed by atoms with E-state index in [0.29, 0.717) is 23.2 Å². The third-order valence-electron chi connectivity index (χ3n) is 1.67. The molecule has 0 atom stereocenters. The van der Waals surface area contributed by atoms with Gasteiger partial charge >= 0.3 is 0 Å². The van der Waals surface area contributed by atoms with Gasteiger partial charge in [-0.3, -0.25) is 4.79 Å². The largest absolute Gasteiger partial charge is 0.508 e. The summed E-state index contributed by atoms with van der Waals surface area (Å²) in [6.07, 6.45) is 0.716. The van der Waals surface area contributed by atoms with E-state index in [1.54, 1.807) is 6.92 Å². The van der Waals surface area contributed by atoms with Gasteiger partial charge in [-0.15, -0.1) is 0 Å². The Balaban J connectivity index is 3.33. The van der Waals surface area contributed by atoms with Gasteiger partial charge in [0.15, 0.2) is 6.29 Å². The number of aryl methyl sites for hydroxylation is 1. The first kappa shape index (κ1) is 8.59. The molecule has 1 N–H and O–H groups in total. The van der Waals surface area contributed by atoms with Crippen molar-refractivity contribution in [1.82, 2.24) is 0 Å². The lowest BCUT2D eigenvalue weighted by Crippen LogP contribution is -1.93. The van der Waals surface area contributed by atoms with E-state index in [4.69, 9.17) is 9.84 Å². The molecule has 0 heterocycles. The number of benzene rings is 1. The minimum Gasteiger partial charge on any atom is -0.508 e. The van der Waals surface area contributed by atoms with E-state index < -0.39 is 0 Å². The molecule has 3 nitrogen and oxygen atoms in total. The molecule has 0 bridgehead atoms. The molecule has 1 aromatic carbocycles. The Hall–Kier alpha value is -1.51. The second-order valence-corrected chi connectivity index (χ2v) is 2.50. The fourth-order valence-corrected chi connectivity index (χ4v) is 1.07. The van der Waals surface area contributed by atoms with Crippen LogP contribution >= 0.6 is 0 Å². The van der Waals surface area contributed by atoms with Crippen molar-refractivity contribution in [2.45, 2.75) is 6.92 Å². The highest BCUT2D eigenvalue weighted by Crippen LogP contribution is 2.25. The van der Waals surface area contributed by atoms with Gasteiger partial charge in [-0.05, 0) is 18.6 Å². The fourth-order valence-electron chi connectivity index (χ4n) is 1.07. The lowest BCUT2D eigenvalue weighted by atomic mass is 10.1. The van der Waals surface area contributed by atoms with Crippen LogP contribution in [0.1, 0.15) is 15.9 Å². The fraction of sp³-hybridized carbons (Fsp3) is 0.222. The number of hydrogen-bond donors (Lipinski definition) is 1. The van der Waals surface area contributed by atoms with Crippen LogP contribution in [0.3, 0.4) is 0 Å². The quantitative estimate of drug-likeness (QED) is 0.677. The average Bonchev–Trinajstić information content (AvgIpc) is 2.03. The van der Waals surface area contributed by atoms with Crippen LogP contribution in [-0.4, -0.2) is 18.5 Å². The minimum absolute atomic E-state index is 0.106. The number of carbonyl (C=O) groups excluding carboxylic acids is 1. The van der Waals surface area contributed by atoms with Crippen molar-refractivity contribution in [3.05, 3.63) is 23.3 Å². The van der Waals surface area contributed by atoms with E-state index in [1.807, 2.05) is 0 Å². The van der Waals surface area contributed by atoms with Crippen LogP contribution in [-0.2, 0) is 0 Å². The minimum atomic E-state index is 0.106. The molecule has 0 fully saturated rings. The van der Waals surface area contributed by atoms with Crippen molar-refractivity contribution in [3.8, 4) is 11.5 Å². The van der Waals surface area contributed by atoms with Gasteiger partial charge in [0.1, 0.15) is 11.5 Å². The molecule has 12 heavy (non-hydrogen) atoms. The molecule has 0 aromatic heterocycles. The normalized spacial score (nSPS) is 9.50. The third kappa shape index (κ3) is 1.39. The van der Waals surface area contributed by atoms with Crippen molar-refractivity contribution in [2.75, 3.05) is 7.11 Å². The van der Waals surface area contributed by atoms with Crippen LogP contribution in [0.15, 0.2) is 12.1 Å². The molecule has 0 aliphatic heterocycles. The average molecular weight is 166 g/mol. The van der Waals surface area contributed by atoms with Crippen molar-refractivity contribution in [3.63, 3.8) is 0 Å². The van der Waals surface area contributed by atoms with Gasteiger partial charge in [0.2, 0.25) is 0 Å². The number of hydrogen-bond acceptors (Lipinski definition) is 3. The van der Waals surface area contributed by atoms with Crippen LogP contribution in [0.2, 0.25) is 0 Å². The number of phenolic OH excluding ortho intramolecular Hbond substituents is 1. The summed E-state index contributed by atoms with van der Waals surface area (Å²) in [6, 6.07) is 2.93. The molecule has 0 amide bonds. The number of carbonyl (C=O) groups is 1. The van der Waals surface area contributed by atoms with E-state index >= 15 is 0 Å². The monoisotopic (exact) mass is 166 g/mol. The highest BCUT2D eigenvalue weighted by atomic mass is 16.5. The number of aldehydes is 1. The predicted molar refractivity (Wildman–Crippen MR) is 44.8 cm³/mol. The van der Waals surface area contributed by atoms with Crippen molar-refractivity contribution in [1.29, 1.82) is 0 Å². The number of methoxy groups -OCH3 is 1. The number of ether oxygens (including phenoxy) is 1. The van der Waals surface area contributed by atoms with Crippen LogP contribution in [0.4, 0.5) is 0 Å². The summed E-state index contributed by atoms with van der Waals surface area (Å²) >= 11 is 0. The summed E-state index contributed by atoms with van der Waals surface area (Å²) < 4.78 is 4.91. The zero-order valence-electron chi connectivity index (χ0n) is 7.00. The molecule has 0 saturated carbocycles. The Morgan fingerprint density at radius 2 is 2.17 bits per heavy atom. The first-order valence-corrected chi connectivity index (χ1v) is 3.52. The molecule has 64 valence electrons. The molecule has 0 spiro atoms. The van der Waals surface area contributed by atoms with Crippen LogP contribution < -0.4 is 4.74 Å². The number of rotatable bonds is 2. The van der Waals surface area contributed by atoms with E-state index in [-0.39, 0.29) is 5.75 Å². The molecule has 0 aliphatic rings. The molecular formula is C9H10O3. The predicted octanol–water partition coefficient (Wildman–Crippen LogP) is 1.52. The standard InChI is InChI=1S/C9H10O3/c1-6-3-7(11)4-9(12-2)8(6)5-10/h3-5,11H,1-2H3. The maximum Gasteiger partial charge on any atom is 0.154 e. The van der Waals surface area contributed by atoms with Gasteiger partial charge in [-0.25, -0.2) is 0 Å². The Morgan fingerprint density at radius 1 is 1.50 bits per heavy atom. The Bertz CT molecular complexity index is 305. The lowest BCUT2D eigenvalue weighted by molar-refractivity contribution is 0.112. The van der Waals surface area contributed by atoms with Gasteiger partial charge in [0, 0.05) is 6.07 Å². The molecule has 0 aliphatic carbocycles. The van der Waals surface area contributed by atoms with Gasteiger partial charge in [0.25, 0.3) is 0 Å². The Morgan fingerprint density at radius 3 is 2.67 bits per heavy atom. The summed E-state index contributed by atoms with van der Waals surface area (Å²) in [5, 5.41) is 9.15. The highest BCUT2D eigenvalue weighted by molar-refractivity contribution is 5.82. The molecule has 0 radical (unpaired) electrons. The zero-order chi connectivity index (χ0) is 9.14. The Kier molecular flexibility index (Phi) is 2.33. The second-order valence-electron chi connectivity index (χ2n) is 2.50. The number of aromatic hydroxyl groups is 1. The van der Waals surface area contributed by atoms with E-state index in [9.17, 15) is 4.79 Å².